The summed E-state index contributed by atoms with van der Waals surface area (Å²) in [6.07, 6.45) is 7.95. The highest BCUT2D eigenvalue weighted by Gasteiger charge is 2.57. The van der Waals surface area contributed by atoms with Gasteiger partial charge in [0.05, 0.1) is 30.7 Å². The Morgan fingerprint density at radius 2 is 2.02 bits per heavy atom. The fraction of sp³-hybridized carbons (Fsp3) is 0.606. The maximum absolute atomic E-state index is 13.8. The number of carbonyl (C=O) groups excluding carboxylic acids is 1. The van der Waals surface area contributed by atoms with Crippen molar-refractivity contribution in [2.24, 2.45) is 5.41 Å². The molecule has 0 saturated heterocycles. The molecule has 7 nitrogen and oxygen atoms in total. The van der Waals surface area contributed by atoms with E-state index in [-0.39, 0.29) is 24.1 Å². The second-order valence-electron chi connectivity index (χ2n) is 12.3. The Morgan fingerprint density at radius 3 is 2.73 bits per heavy atom. The SMILES string of the molecule is CCCN(C[C@H](O)CO)C[C@]1(O)CC[C@H]2c3ccc(cc3C(=O)c3ccco3)C[C@@H](O)CCC(C)=CCC[C@@]21C. The number of aliphatic hydroxyl groups is 4. The first-order valence-corrected chi connectivity index (χ1v) is 14.9. The number of carbonyl (C=O) groups is 1. The summed E-state index contributed by atoms with van der Waals surface area (Å²) >= 11 is 0. The van der Waals surface area contributed by atoms with Crippen molar-refractivity contribution in [3.8, 4) is 0 Å². The average Bonchev–Trinajstić information content (AvgIpc) is 3.54. The van der Waals surface area contributed by atoms with Gasteiger partial charge in [-0.25, -0.2) is 0 Å². The molecule has 2 bridgehead atoms. The van der Waals surface area contributed by atoms with Gasteiger partial charge in [0.25, 0.3) is 0 Å². The number of nitrogens with zero attached hydrogens (tertiary/aromatic N) is 1. The molecule has 0 spiro atoms. The van der Waals surface area contributed by atoms with Gasteiger partial charge in [-0.2, -0.15) is 0 Å². The van der Waals surface area contributed by atoms with Crippen LogP contribution in [0.25, 0.3) is 0 Å². The molecule has 2 aromatic rings. The number of rotatable bonds is 9. The molecule has 7 heteroatoms. The van der Waals surface area contributed by atoms with Crippen molar-refractivity contribution in [2.75, 3.05) is 26.2 Å². The number of hydrogen-bond acceptors (Lipinski definition) is 7. The number of hydrogen-bond donors (Lipinski definition) is 4. The number of benzene rings is 1. The standard InChI is InChI=1S/C33H47NO6/c1-4-16-34(20-26(37)21-35)22-33(39)15-13-29-27-12-10-24(19-28(27)31(38)30-8-6-17-40-30)18-25(36)11-9-23(2)7-5-14-32(29,33)3/h6-8,10,12,17,19,25-26,29,35-37,39H,4-5,9,11,13-16,18,20-22H2,1-3H3/t25-,26-,29-,32-,33+/m0/s1. The van der Waals surface area contributed by atoms with Crippen molar-refractivity contribution >= 4 is 5.78 Å². The Kier molecular flexibility index (Phi) is 10.1. The lowest BCUT2D eigenvalue weighted by Gasteiger charge is -2.46. The summed E-state index contributed by atoms with van der Waals surface area (Å²) in [6, 6.07) is 9.35. The third-order valence-corrected chi connectivity index (χ3v) is 9.37. The van der Waals surface area contributed by atoms with Gasteiger partial charge in [-0.3, -0.25) is 9.69 Å². The molecule has 3 aliphatic carbocycles. The van der Waals surface area contributed by atoms with Crippen LogP contribution in [0.4, 0.5) is 0 Å². The molecule has 4 N–H and O–H groups in total. The molecule has 1 aromatic carbocycles. The lowest BCUT2D eigenvalue weighted by atomic mass is 9.64. The van der Waals surface area contributed by atoms with Crippen LogP contribution in [0.1, 0.15) is 98.9 Å². The van der Waals surface area contributed by atoms with Gasteiger partial charge < -0.3 is 24.8 Å². The van der Waals surface area contributed by atoms with Gasteiger partial charge in [0, 0.05) is 24.1 Å². The molecule has 0 unspecified atom stereocenters. The lowest BCUT2D eigenvalue weighted by Crippen LogP contribution is -2.54. The van der Waals surface area contributed by atoms with E-state index in [0.717, 1.165) is 43.2 Å². The zero-order valence-electron chi connectivity index (χ0n) is 24.3. The molecule has 1 aromatic heterocycles. The predicted octanol–water partition coefficient (Wildman–Crippen LogP) is 4.61. The normalized spacial score (nSPS) is 28.2. The van der Waals surface area contributed by atoms with Gasteiger partial charge in [-0.15, -0.1) is 0 Å². The molecule has 220 valence electrons. The summed E-state index contributed by atoms with van der Waals surface area (Å²) in [5.41, 5.74) is 2.02. The molecule has 1 heterocycles. The minimum absolute atomic E-state index is 0.0757. The van der Waals surface area contributed by atoms with Crippen molar-refractivity contribution < 1.29 is 29.6 Å². The molecule has 40 heavy (non-hydrogen) atoms. The van der Waals surface area contributed by atoms with E-state index in [9.17, 15) is 25.2 Å². The van der Waals surface area contributed by atoms with Crippen LogP contribution in [0, 0.1) is 5.41 Å². The van der Waals surface area contributed by atoms with Crippen molar-refractivity contribution in [1.82, 2.24) is 4.90 Å². The highest BCUT2D eigenvalue weighted by Crippen LogP contribution is 2.58. The first-order valence-electron chi connectivity index (χ1n) is 14.9. The van der Waals surface area contributed by atoms with E-state index in [1.807, 2.05) is 18.2 Å². The van der Waals surface area contributed by atoms with E-state index in [0.29, 0.717) is 44.5 Å². The predicted molar refractivity (Wildman–Crippen MR) is 155 cm³/mol. The summed E-state index contributed by atoms with van der Waals surface area (Å²) in [6.45, 7) is 7.41. The lowest BCUT2D eigenvalue weighted by molar-refractivity contribution is -0.0891. The van der Waals surface area contributed by atoms with Crippen molar-refractivity contribution in [1.29, 1.82) is 0 Å². The van der Waals surface area contributed by atoms with Crippen LogP contribution in [0.5, 0.6) is 0 Å². The first kappa shape index (κ1) is 30.7. The Morgan fingerprint density at radius 1 is 1.23 bits per heavy atom. The minimum atomic E-state index is -1.05. The van der Waals surface area contributed by atoms with Crippen LogP contribution in [-0.4, -0.2) is 75.2 Å². The van der Waals surface area contributed by atoms with E-state index in [4.69, 9.17) is 4.42 Å². The van der Waals surface area contributed by atoms with Gasteiger partial charge >= 0.3 is 0 Å². The smallest absolute Gasteiger partial charge is 0.228 e. The van der Waals surface area contributed by atoms with Crippen LogP contribution >= 0.6 is 0 Å². The third kappa shape index (κ3) is 6.60. The Bertz CT molecular complexity index is 1160. The average molecular weight is 554 g/mol. The molecule has 0 aliphatic heterocycles. The van der Waals surface area contributed by atoms with Crippen LogP contribution in [-0.2, 0) is 6.42 Å². The van der Waals surface area contributed by atoms with E-state index in [1.165, 1.54) is 11.8 Å². The second-order valence-corrected chi connectivity index (χ2v) is 12.3. The Balaban J connectivity index is 1.80. The van der Waals surface area contributed by atoms with Crippen LogP contribution in [0.3, 0.4) is 0 Å². The zero-order valence-corrected chi connectivity index (χ0v) is 24.3. The first-order chi connectivity index (χ1) is 19.1. The Hall–Kier alpha value is -2.29. The van der Waals surface area contributed by atoms with Gasteiger partial charge in [0.2, 0.25) is 5.78 Å². The summed E-state index contributed by atoms with van der Waals surface area (Å²) in [5.74, 6) is 0.0182. The van der Waals surface area contributed by atoms with Crippen LogP contribution in [0.15, 0.2) is 52.7 Å². The van der Waals surface area contributed by atoms with Crippen molar-refractivity contribution in [3.63, 3.8) is 0 Å². The summed E-state index contributed by atoms with van der Waals surface area (Å²) in [7, 11) is 0. The van der Waals surface area contributed by atoms with E-state index in [2.05, 4.69) is 31.7 Å². The minimum Gasteiger partial charge on any atom is -0.461 e. The molecule has 0 amide bonds. The molecule has 1 saturated carbocycles. The quantitative estimate of drug-likeness (QED) is 0.265. The number of ketones is 1. The van der Waals surface area contributed by atoms with Gasteiger partial charge in [-0.05, 0) is 100 Å². The van der Waals surface area contributed by atoms with Crippen LogP contribution < -0.4 is 0 Å². The van der Waals surface area contributed by atoms with E-state index < -0.39 is 23.2 Å². The maximum atomic E-state index is 13.8. The number of fused-ring (bicyclic) bond motifs is 8. The fourth-order valence-corrected chi connectivity index (χ4v) is 7.01. The highest BCUT2D eigenvalue weighted by atomic mass is 16.3. The molecule has 5 rings (SSSR count). The van der Waals surface area contributed by atoms with Crippen molar-refractivity contribution in [2.45, 2.75) is 95.9 Å². The van der Waals surface area contributed by atoms with Crippen molar-refractivity contribution in [3.05, 3.63) is 70.7 Å². The van der Waals surface area contributed by atoms with E-state index in [1.54, 1.807) is 12.1 Å². The fourth-order valence-electron chi connectivity index (χ4n) is 7.01. The second kappa shape index (κ2) is 13.1. The summed E-state index contributed by atoms with van der Waals surface area (Å²) in [4.78, 5) is 15.8. The molecule has 0 radical (unpaired) electrons. The third-order valence-electron chi connectivity index (χ3n) is 9.37. The Labute approximate surface area is 238 Å². The van der Waals surface area contributed by atoms with Gasteiger partial charge in [-0.1, -0.05) is 37.6 Å². The zero-order chi connectivity index (χ0) is 28.9. The van der Waals surface area contributed by atoms with E-state index >= 15 is 0 Å². The largest absolute Gasteiger partial charge is 0.461 e. The molecular weight excluding hydrogens is 506 g/mol. The molecule has 5 atom stereocenters. The number of furan rings is 1. The van der Waals surface area contributed by atoms with Crippen LogP contribution in [0.2, 0.25) is 0 Å². The monoisotopic (exact) mass is 553 g/mol. The van der Waals surface area contributed by atoms with Gasteiger partial charge in [0.15, 0.2) is 5.76 Å². The molecule has 3 aliphatic rings. The molecular formula is C33H47NO6. The molecule has 1 fully saturated rings. The van der Waals surface area contributed by atoms with Gasteiger partial charge in [0.1, 0.15) is 0 Å². The maximum Gasteiger partial charge on any atom is 0.228 e. The number of aliphatic hydroxyl groups excluding tert-OH is 3. The number of allylic oxidation sites excluding steroid dienone is 2. The summed E-state index contributed by atoms with van der Waals surface area (Å²) in [5, 5.41) is 42.9. The topological polar surface area (TPSA) is 114 Å². The highest BCUT2D eigenvalue weighted by molar-refractivity contribution is 6.08. The summed E-state index contributed by atoms with van der Waals surface area (Å²) < 4.78 is 5.51.